The third-order valence-corrected chi connectivity index (χ3v) is 2.34. The lowest BCUT2D eigenvalue weighted by Gasteiger charge is -2.09. The summed E-state index contributed by atoms with van der Waals surface area (Å²) in [7, 11) is 1.46. The first-order chi connectivity index (χ1) is 7.02. The second kappa shape index (κ2) is 2.91. The van der Waals surface area contributed by atoms with Crippen LogP contribution in [-0.2, 0) is 4.79 Å². The van der Waals surface area contributed by atoms with E-state index in [-0.39, 0.29) is 11.1 Å². The van der Waals surface area contributed by atoms with Gasteiger partial charge >= 0.3 is 0 Å². The van der Waals surface area contributed by atoms with E-state index in [4.69, 9.17) is 0 Å². The minimum Gasteiger partial charge on any atom is -0.545 e. The molecule has 1 aliphatic rings. The molecule has 1 heterocycles. The molecular formula is C10H6NO4-. The summed E-state index contributed by atoms with van der Waals surface area (Å²) >= 11 is 0. The van der Waals surface area contributed by atoms with Crippen LogP contribution in [0.3, 0.4) is 0 Å². The molecule has 0 aromatic heterocycles. The number of likely N-dealkylation sites (N-methyl/N-ethyl adjacent to an activating group) is 1. The van der Waals surface area contributed by atoms with Gasteiger partial charge in [0.15, 0.2) is 0 Å². The van der Waals surface area contributed by atoms with Crippen molar-refractivity contribution in [3.8, 4) is 0 Å². The van der Waals surface area contributed by atoms with Gasteiger partial charge in [-0.15, -0.1) is 0 Å². The Morgan fingerprint density at radius 1 is 1.33 bits per heavy atom. The van der Waals surface area contributed by atoms with Crippen molar-refractivity contribution in [2.45, 2.75) is 0 Å². The molecule has 15 heavy (non-hydrogen) atoms. The van der Waals surface area contributed by atoms with Crippen LogP contribution in [0, 0.1) is 0 Å². The SMILES string of the molecule is CN1C(=O)C(=O)c2cc(C(=O)[O-])ccc21. The number of rotatable bonds is 1. The number of benzene rings is 1. The van der Waals surface area contributed by atoms with Crippen LogP contribution in [-0.4, -0.2) is 24.7 Å². The van der Waals surface area contributed by atoms with Crippen LogP contribution in [0.25, 0.3) is 0 Å². The number of ketones is 1. The Bertz CT molecular complexity index is 492. The Labute approximate surface area is 84.9 Å². The molecule has 0 unspecified atom stereocenters. The standard InChI is InChI=1S/C10H7NO4/c1-11-7-3-2-5(10(14)15)4-6(7)8(12)9(11)13/h2-4H,1H3,(H,14,15)/p-1. The second-order valence-corrected chi connectivity index (χ2v) is 3.21. The molecule has 2 rings (SSSR count). The number of carboxylic acid groups (broad SMARTS) is 1. The highest BCUT2D eigenvalue weighted by atomic mass is 16.4. The van der Waals surface area contributed by atoms with E-state index in [1.807, 2.05) is 0 Å². The second-order valence-electron chi connectivity index (χ2n) is 3.21. The van der Waals surface area contributed by atoms with Crippen molar-refractivity contribution in [2.75, 3.05) is 11.9 Å². The van der Waals surface area contributed by atoms with Crippen molar-refractivity contribution in [1.29, 1.82) is 0 Å². The maximum Gasteiger partial charge on any atom is 0.299 e. The van der Waals surface area contributed by atoms with Crippen molar-refractivity contribution < 1.29 is 19.5 Å². The van der Waals surface area contributed by atoms with Gasteiger partial charge in [0.05, 0.1) is 17.2 Å². The molecule has 5 nitrogen and oxygen atoms in total. The van der Waals surface area contributed by atoms with Crippen LogP contribution in [0.4, 0.5) is 5.69 Å². The minimum absolute atomic E-state index is 0.106. The molecule has 1 aromatic carbocycles. The van der Waals surface area contributed by atoms with Crippen LogP contribution in [0.1, 0.15) is 20.7 Å². The van der Waals surface area contributed by atoms with E-state index in [0.717, 1.165) is 6.07 Å². The van der Waals surface area contributed by atoms with Gasteiger partial charge in [-0.1, -0.05) is 6.07 Å². The quantitative estimate of drug-likeness (QED) is 0.561. The third kappa shape index (κ3) is 1.20. The smallest absolute Gasteiger partial charge is 0.299 e. The van der Waals surface area contributed by atoms with E-state index in [2.05, 4.69) is 0 Å². The van der Waals surface area contributed by atoms with E-state index >= 15 is 0 Å². The van der Waals surface area contributed by atoms with E-state index in [1.54, 1.807) is 0 Å². The van der Waals surface area contributed by atoms with E-state index < -0.39 is 17.7 Å². The summed E-state index contributed by atoms with van der Waals surface area (Å²) in [4.78, 5) is 34.4. The normalized spacial score (nSPS) is 14.3. The minimum atomic E-state index is -1.37. The summed E-state index contributed by atoms with van der Waals surface area (Å²) < 4.78 is 0. The molecule has 0 atom stereocenters. The number of nitrogens with zero attached hydrogens (tertiary/aromatic N) is 1. The average Bonchev–Trinajstić information content (AvgIpc) is 2.44. The molecule has 1 amide bonds. The van der Waals surface area contributed by atoms with E-state index in [0.29, 0.717) is 5.69 Å². The highest BCUT2D eigenvalue weighted by Gasteiger charge is 2.33. The summed E-state index contributed by atoms with van der Waals surface area (Å²) in [6, 6.07) is 3.88. The summed E-state index contributed by atoms with van der Waals surface area (Å²) in [6.07, 6.45) is 0. The number of hydrogen-bond donors (Lipinski definition) is 0. The first-order valence-electron chi connectivity index (χ1n) is 4.20. The van der Waals surface area contributed by atoms with Crippen LogP contribution < -0.4 is 10.0 Å². The lowest BCUT2D eigenvalue weighted by Crippen LogP contribution is -2.24. The number of carboxylic acids is 1. The van der Waals surface area contributed by atoms with Crippen LogP contribution in [0.2, 0.25) is 0 Å². The van der Waals surface area contributed by atoms with Crippen molar-refractivity contribution in [3.05, 3.63) is 29.3 Å². The van der Waals surface area contributed by atoms with E-state index in [1.165, 1.54) is 24.1 Å². The monoisotopic (exact) mass is 204 g/mol. The largest absolute Gasteiger partial charge is 0.545 e. The van der Waals surface area contributed by atoms with Crippen molar-refractivity contribution >= 4 is 23.3 Å². The lowest BCUT2D eigenvalue weighted by molar-refractivity contribution is -0.255. The van der Waals surface area contributed by atoms with Crippen LogP contribution in [0.5, 0.6) is 0 Å². The number of anilines is 1. The first kappa shape index (κ1) is 9.39. The summed E-state index contributed by atoms with van der Waals surface area (Å²) in [6.45, 7) is 0. The van der Waals surface area contributed by atoms with Gasteiger partial charge in [-0.3, -0.25) is 9.59 Å². The highest BCUT2D eigenvalue weighted by Crippen LogP contribution is 2.28. The van der Waals surface area contributed by atoms with Gasteiger partial charge in [0.2, 0.25) is 0 Å². The molecule has 1 aromatic rings. The molecule has 1 aliphatic heterocycles. The van der Waals surface area contributed by atoms with Gasteiger partial charge in [0.25, 0.3) is 11.7 Å². The number of amides is 1. The molecule has 0 bridgehead atoms. The predicted molar refractivity (Wildman–Crippen MR) is 48.5 cm³/mol. The number of Topliss-reactive ketones (excluding diaryl/α,β-unsaturated/α-hetero) is 1. The first-order valence-corrected chi connectivity index (χ1v) is 4.20. The van der Waals surface area contributed by atoms with Crippen LogP contribution >= 0.6 is 0 Å². The van der Waals surface area contributed by atoms with Gasteiger partial charge in [-0.05, 0) is 17.7 Å². The summed E-state index contributed by atoms with van der Waals surface area (Å²) in [5, 5.41) is 10.5. The fourth-order valence-electron chi connectivity index (χ4n) is 1.51. The maximum atomic E-state index is 11.4. The fourth-order valence-corrected chi connectivity index (χ4v) is 1.51. The Morgan fingerprint density at radius 3 is 2.60 bits per heavy atom. The molecule has 5 heteroatoms. The molecule has 0 spiro atoms. The molecule has 76 valence electrons. The molecular weight excluding hydrogens is 198 g/mol. The van der Waals surface area contributed by atoms with Crippen molar-refractivity contribution in [1.82, 2.24) is 0 Å². The zero-order chi connectivity index (χ0) is 11.2. The van der Waals surface area contributed by atoms with Crippen LogP contribution in [0.15, 0.2) is 18.2 Å². The van der Waals surface area contributed by atoms with Gasteiger partial charge in [-0.25, -0.2) is 0 Å². The fraction of sp³-hybridized carbons (Fsp3) is 0.100. The zero-order valence-electron chi connectivity index (χ0n) is 7.81. The molecule has 0 fully saturated rings. The maximum absolute atomic E-state index is 11.4. The average molecular weight is 204 g/mol. The van der Waals surface area contributed by atoms with E-state index in [9.17, 15) is 19.5 Å². The number of hydrogen-bond acceptors (Lipinski definition) is 4. The number of carbonyl (C=O) groups is 3. The van der Waals surface area contributed by atoms with Gasteiger partial charge in [0, 0.05) is 7.05 Å². The Balaban J connectivity index is 2.61. The lowest BCUT2D eigenvalue weighted by atomic mass is 10.1. The molecule has 0 aliphatic carbocycles. The number of fused-ring (bicyclic) bond motifs is 1. The Hall–Kier alpha value is -2.17. The van der Waals surface area contributed by atoms with Gasteiger partial charge in [0.1, 0.15) is 0 Å². The molecule has 0 saturated carbocycles. The zero-order valence-corrected chi connectivity index (χ0v) is 7.81. The molecule has 0 N–H and O–H groups in total. The van der Waals surface area contributed by atoms with Gasteiger partial charge in [-0.2, -0.15) is 0 Å². The Morgan fingerprint density at radius 2 is 2.00 bits per heavy atom. The topological polar surface area (TPSA) is 77.5 Å². The summed E-state index contributed by atoms with van der Waals surface area (Å²) in [5.74, 6) is -2.70. The predicted octanol–water partition coefficient (Wildman–Crippen LogP) is -0.791. The third-order valence-electron chi connectivity index (χ3n) is 2.34. The molecule has 0 saturated heterocycles. The van der Waals surface area contributed by atoms with Crippen molar-refractivity contribution in [2.24, 2.45) is 0 Å². The summed E-state index contributed by atoms with van der Waals surface area (Å²) in [5.41, 5.74) is 0.435. The Kier molecular flexibility index (Phi) is 1.82. The number of carbonyl (C=O) groups excluding carboxylic acids is 3. The highest BCUT2D eigenvalue weighted by molar-refractivity contribution is 6.52. The number of aromatic carboxylic acids is 1. The van der Waals surface area contributed by atoms with Crippen molar-refractivity contribution in [3.63, 3.8) is 0 Å². The van der Waals surface area contributed by atoms with Gasteiger partial charge < -0.3 is 14.8 Å². The molecule has 0 radical (unpaired) electrons.